The standard InChI is InChI=1S/C48H44Cl2N4O5.CH2O2/c1-29-5-4-6-38(21-29)53-48(56)54-26-37-25-45-44(58-28-46(59-45)35-12-14-39(15-13-35)57-27-33-9-16-41(49)42(50)22-33)24-36(37)23-43(54)47(55)52-19-17-32-7-10-34(11-8-32)40-18-20-51-31(3)30(40)2;2-1-3/h4-16,18,20-22,24-25,43,46H,17,19,23,26-28H2,1-3H3,(H,52,55)(H,53,56);1H,(H,2,3). The van der Waals surface area contributed by atoms with Crippen molar-refractivity contribution in [2.45, 2.75) is 58.9 Å². The molecule has 3 N–H and O–H groups in total. The molecule has 2 atom stereocenters. The first-order chi connectivity index (χ1) is 30.0. The van der Waals surface area contributed by atoms with Crippen LogP contribution in [0, 0.1) is 20.8 Å². The summed E-state index contributed by atoms with van der Waals surface area (Å²) in [6, 6.07) is 34.0. The zero-order chi connectivity index (χ0) is 43.8. The van der Waals surface area contributed by atoms with Crippen molar-refractivity contribution < 1.29 is 33.7 Å². The van der Waals surface area contributed by atoms with E-state index in [0.717, 1.165) is 55.8 Å². The molecule has 3 heterocycles. The average molecular weight is 874 g/mol. The van der Waals surface area contributed by atoms with Gasteiger partial charge in [-0.15, -0.1) is 0 Å². The van der Waals surface area contributed by atoms with E-state index >= 15 is 0 Å². The number of amides is 3. The van der Waals surface area contributed by atoms with Crippen molar-refractivity contribution in [1.82, 2.24) is 15.2 Å². The Morgan fingerprint density at radius 2 is 1.63 bits per heavy atom. The van der Waals surface area contributed by atoms with Crippen LogP contribution >= 0.6 is 23.2 Å². The van der Waals surface area contributed by atoms with Gasteiger partial charge in [-0.2, -0.15) is 0 Å². The molecule has 0 saturated carbocycles. The largest absolute Gasteiger partial charge is 0.489 e. The number of carbonyl (C=O) groups is 3. The monoisotopic (exact) mass is 872 g/mol. The molecule has 0 saturated heterocycles. The number of benzene rings is 5. The summed E-state index contributed by atoms with van der Waals surface area (Å²) in [5.41, 5.74) is 10.9. The van der Waals surface area contributed by atoms with E-state index in [9.17, 15) is 9.59 Å². The average Bonchev–Trinajstić information content (AvgIpc) is 3.27. The molecule has 2 aliphatic rings. The minimum Gasteiger partial charge on any atom is -0.489 e. The van der Waals surface area contributed by atoms with Crippen LogP contribution in [0.4, 0.5) is 10.5 Å². The Kier molecular flexibility index (Phi) is 14.0. The minimum absolute atomic E-state index is 0.214. The van der Waals surface area contributed by atoms with Crippen LogP contribution in [0.5, 0.6) is 17.2 Å². The molecular formula is C49H46Cl2N4O7. The molecular weight excluding hydrogens is 827 g/mol. The summed E-state index contributed by atoms with van der Waals surface area (Å²) in [5.74, 6) is 1.68. The van der Waals surface area contributed by atoms with Crippen molar-refractivity contribution in [3.05, 3.63) is 170 Å². The number of pyridine rings is 1. The van der Waals surface area contributed by atoms with Gasteiger partial charge in [0.2, 0.25) is 5.91 Å². The number of nitrogens with one attached hydrogen (secondary N) is 2. The van der Waals surface area contributed by atoms with Gasteiger partial charge < -0.3 is 34.9 Å². The third-order valence-electron chi connectivity index (χ3n) is 11.0. The highest BCUT2D eigenvalue weighted by Gasteiger charge is 2.36. The lowest BCUT2D eigenvalue weighted by atomic mass is 9.92. The van der Waals surface area contributed by atoms with Gasteiger partial charge in [-0.1, -0.05) is 77.8 Å². The number of anilines is 1. The van der Waals surface area contributed by atoms with E-state index < -0.39 is 6.04 Å². The summed E-state index contributed by atoms with van der Waals surface area (Å²) in [4.78, 5) is 42.3. The van der Waals surface area contributed by atoms with Crippen LogP contribution in [0.25, 0.3) is 11.1 Å². The maximum absolute atomic E-state index is 14.0. The lowest BCUT2D eigenvalue weighted by Gasteiger charge is -2.37. The van der Waals surface area contributed by atoms with Crippen LogP contribution in [-0.4, -0.2) is 52.6 Å². The second-order valence-corrected chi connectivity index (χ2v) is 16.0. The molecule has 6 aromatic rings. The van der Waals surface area contributed by atoms with Crippen molar-refractivity contribution in [3.63, 3.8) is 0 Å². The third-order valence-corrected chi connectivity index (χ3v) is 11.7. The summed E-state index contributed by atoms with van der Waals surface area (Å²) in [6.45, 7) is 7.12. The van der Waals surface area contributed by atoms with Crippen molar-refractivity contribution in [2.75, 3.05) is 18.5 Å². The van der Waals surface area contributed by atoms with Crippen LogP contribution in [-0.2, 0) is 35.6 Å². The first-order valence-corrected chi connectivity index (χ1v) is 20.9. The van der Waals surface area contributed by atoms with E-state index in [1.807, 2.05) is 92.8 Å². The number of ether oxygens (including phenoxy) is 3. The molecule has 0 spiro atoms. The Balaban J connectivity index is 0.00000187. The van der Waals surface area contributed by atoms with Gasteiger partial charge >= 0.3 is 6.03 Å². The van der Waals surface area contributed by atoms with Gasteiger partial charge in [-0.3, -0.25) is 14.6 Å². The van der Waals surface area contributed by atoms with E-state index in [2.05, 4.69) is 46.8 Å². The number of urea groups is 1. The Morgan fingerprint density at radius 1 is 0.887 bits per heavy atom. The molecule has 5 aromatic carbocycles. The summed E-state index contributed by atoms with van der Waals surface area (Å²) in [6.07, 6.45) is 2.45. The maximum Gasteiger partial charge on any atom is 0.322 e. The number of halogens is 2. The molecule has 318 valence electrons. The molecule has 13 heteroatoms. The summed E-state index contributed by atoms with van der Waals surface area (Å²) in [5, 5.41) is 14.0. The number of carboxylic acid groups (broad SMARTS) is 1. The van der Waals surface area contributed by atoms with Crippen molar-refractivity contribution in [1.29, 1.82) is 0 Å². The first-order valence-electron chi connectivity index (χ1n) is 20.1. The fourth-order valence-electron chi connectivity index (χ4n) is 7.51. The SMILES string of the molecule is Cc1cccc(NC(=O)N2Cc3cc4c(cc3CC2C(=O)NCCc2ccc(-c3ccnc(C)c3C)cc2)OCC(c2ccc(OCc3ccc(Cl)c(Cl)c3)cc2)O4)c1.O=CO. The summed E-state index contributed by atoms with van der Waals surface area (Å²) >= 11 is 12.2. The van der Waals surface area contributed by atoms with Crippen molar-refractivity contribution in [2.24, 2.45) is 0 Å². The second kappa shape index (κ2) is 19.9. The quantitative estimate of drug-likeness (QED) is 0.116. The number of fused-ring (bicyclic) bond motifs is 2. The van der Waals surface area contributed by atoms with Gasteiger partial charge in [0.05, 0.1) is 10.0 Å². The molecule has 11 nitrogen and oxygen atoms in total. The number of nitrogens with zero attached hydrogens (tertiary/aromatic N) is 2. The topological polar surface area (TPSA) is 139 Å². The molecule has 2 aliphatic heterocycles. The van der Waals surface area contributed by atoms with E-state index in [0.29, 0.717) is 65.6 Å². The van der Waals surface area contributed by atoms with E-state index in [1.165, 1.54) is 0 Å². The number of rotatable bonds is 10. The van der Waals surface area contributed by atoms with Crippen LogP contribution in [0.2, 0.25) is 10.0 Å². The van der Waals surface area contributed by atoms with Gasteiger partial charge in [0.25, 0.3) is 6.47 Å². The normalized spacial score (nSPS) is 15.0. The number of aryl methyl sites for hydroxylation is 2. The Labute approximate surface area is 370 Å². The summed E-state index contributed by atoms with van der Waals surface area (Å²) < 4.78 is 18.7. The van der Waals surface area contributed by atoms with Crippen LogP contribution in [0.15, 0.2) is 115 Å². The fourth-order valence-corrected chi connectivity index (χ4v) is 7.83. The summed E-state index contributed by atoms with van der Waals surface area (Å²) in [7, 11) is 0. The highest BCUT2D eigenvalue weighted by molar-refractivity contribution is 6.42. The minimum atomic E-state index is -0.736. The lowest BCUT2D eigenvalue weighted by molar-refractivity contribution is -0.126. The molecule has 0 aliphatic carbocycles. The lowest BCUT2D eigenvalue weighted by Crippen LogP contribution is -2.54. The second-order valence-electron chi connectivity index (χ2n) is 15.2. The van der Waals surface area contributed by atoms with E-state index in [1.54, 1.807) is 17.0 Å². The Hall–Kier alpha value is -6.56. The smallest absolute Gasteiger partial charge is 0.322 e. The predicted octanol–water partition coefficient (Wildman–Crippen LogP) is 10.1. The highest BCUT2D eigenvalue weighted by Crippen LogP contribution is 2.41. The first kappa shape index (κ1) is 43.5. The van der Waals surface area contributed by atoms with Crippen LogP contribution in [0.1, 0.15) is 50.7 Å². The van der Waals surface area contributed by atoms with E-state index in [-0.39, 0.29) is 31.1 Å². The highest BCUT2D eigenvalue weighted by atomic mass is 35.5. The zero-order valence-corrected chi connectivity index (χ0v) is 36.0. The molecule has 8 rings (SSSR count). The van der Waals surface area contributed by atoms with Gasteiger partial charge in [0.1, 0.15) is 25.0 Å². The zero-order valence-electron chi connectivity index (χ0n) is 34.5. The van der Waals surface area contributed by atoms with Crippen LogP contribution in [0.3, 0.4) is 0 Å². The van der Waals surface area contributed by atoms with Crippen LogP contribution < -0.4 is 24.8 Å². The van der Waals surface area contributed by atoms with Crippen molar-refractivity contribution in [3.8, 4) is 28.4 Å². The third kappa shape index (κ3) is 10.5. The molecule has 0 fully saturated rings. The van der Waals surface area contributed by atoms with E-state index in [4.69, 9.17) is 47.3 Å². The Morgan fingerprint density at radius 3 is 2.37 bits per heavy atom. The number of carbonyl (C=O) groups excluding carboxylic acids is 2. The molecule has 1 aromatic heterocycles. The van der Waals surface area contributed by atoms with Gasteiger partial charge in [0, 0.05) is 37.1 Å². The predicted molar refractivity (Wildman–Crippen MR) is 240 cm³/mol. The number of hydrogen-bond acceptors (Lipinski definition) is 7. The molecule has 2 unspecified atom stereocenters. The number of hydrogen-bond donors (Lipinski definition) is 3. The van der Waals surface area contributed by atoms with Gasteiger partial charge in [-0.25, -0.2) is 4.79 Å². The molecule has 62 heavy (non-hydrogen) atoms. The Bertz CT molecular complexity index is 2570. The van der Waals surface area contributed by atoms with Crippen molar-refractivity contribution >= 4 is 47.3 Å². The van der Waals surface area contributed by atoms with Gasteiger partial charge in [-0.05, 0) is 132 Å². The fraction of sp³-hybridized carbons (Fsp3) is 0.224. The maximum atomic E-state index is 14.0. The van der Waals surface area contributed by atoms with Gasteiger partial charge in [0.15, 0.2) is 17.6 Å². The number of aromatic nitrogens is 1. The molecule has 0 radical (unpaired) electrons. The molecule has 3 amide bonds. The molecule has 0 bridgehead atoms.